The van der Waals surface area contributed by atoms with E-state index in [2.05, 4.69) is 20.7 Å². The van der Waals surface area contributed by atoms with E-state index < -0.39 is 10.0 Å². The highest BCUT2D eigenvalue weighted by Gasteiger charge is 2.23. The summed E-state index contributed by atoms with van der Waals surface area (Å²) in [6.45, 7) is 5.22. The van der Waals surface area contributed by atoms with Crippen LogP contribution in [0.4, 0.5) is 0 Å². The normalized spacial score (nSPS) is 23.9. The number of hydrogen-bond acceptors (Lipinski definition) is 3. The first-order chi connectivity index (χ1) is 7.41. The van der Waals surface area contributed by atoms with Gasteiger partial charge >= 0.3 is 0 Å². The van der Waals surface area contributed by atoms with Crippen molar-refractivity contribution in [2.75, 3.05) is 18.9 Å². The molecule has 1 rings (SSSR count). The van der Waals surface area contributed by atoms with Crippen molar-refractivity contribution in [3.63, 3.8) is 0 Å². The predicted molar refractivity (Wildman–Crippen MR) is 68.3 cm³/mol. The Morgan fingerprint density at radius 3 is 2.69 bits per heavy atom. The zero-order valence-electron chi connectivity index (χ0n) is 9.78. The molecule has 0 spiro atoms. The summed E-state index contributed by atoms with van der Waals surface area (Å²) in [5.74, 6) is 0.496. The molecule has 1 fully saturated rings. The van der Waals surface area contributed by atoms with Crippen LogP contribution in [-0.4, -0.2) is 38.3 Å². The molecule has 0 aromatic carbocycles. The molecule has 96 valence electrons. The first-order valence-electron chi connectivity index (χ1n) is 5.64. The second-order valence-corrected chi connectivity index (χ2v) is 7.55. The first-order valence-corrected chi connectivity index (χ1v) is 8.20. The highest BCUT2D eigenvalue weighted by molar-refractivity contribution is 9.09. The molecule has 16 heavy (non-hydrogen) atoms. The molecule has 0 aromatic heterocycles. The van der Waals surface area contributed by atoms with Gasteiger partial charge in [0, 0.05) is 18.0 Å². The van der Waals surface area contributed by atoms with Crippen LogP contribution in [0, 0.1) is 5.92 Å². The minimum Gasteiger partial charge on any atom is -0.377 e. The van der Waals surface area contributed by atoms with E-state index in [9.17, 15) is 8.42 Å². The molecule has 6 heteroatoms. The maximum Gasteiger partial charge on any atom is 0.214 e. The van der Waals surface area contributed by atoms with Crippen molar-refractivity contribution in [1.82, 2.24) is 4.72 Å². The molecule has 1 N–H and O–H groups in total. The molecule has 1 aliphatic rings. The van der Waals surface area contributed by atoms with E-state index in [4.69, 9.17) is 4.74 Å². The maximum atomic E-state index is 11.7. The zero-order chi connectivity index (χ0) is 12.2. The van der Waals surface area contributed by atoms with Crippen molar-refractivity contribution in [2.24, 2.45) is 5.92 Å². The molecule has 1 saturated heterocycles. The van der Waals surface area contributed by atoms with Crippen LogP contribution < -0.4 is 4.72 Å². The third-order valence-electron chi connectivity index (χ3n) is 2.65. The van der Waals surface area contributed by atoms with Gasteiger partial charge in [-0.25, -0.2) is 13.1 Å². The van der Waals surface area contributed by atoms with E-state index in [1.165, 1.54) is 0 Å². The molecule has 0 aliphatic carbocycles. The third kappa shape index (κ3) is 5.12. The molecular formula is C10H20BrNO3S. The Morgan fingerprint density at radius 1 is 1.50 bits per heavy atom. The lowest BCUT2D eigenvalue weighted by Crippen LogP contribution is -2.36. The molecule has 0 aromatic rings. The van der Waals surface area contributed by atoms with Gasteiger partial charge in [0.05, 0.1) is 11.9 Å². The summed E-state index contributed by atoms with van der Waals surface area (Å²) in [6, 6.07) is 0. The van der Waals surface area contributed by atoms with Crippen molar-refractivity contribution >= 4 is 26.0 Å². The van der Waals surface area contributed by atoms with Crippen molar-refractivity contribution < 1.29 is 13.2 Å². The number of sulfonamides is 1. The number of alkyl halides is 1. The Bertz CT molecular complexity index is 299. The third-order valence-corrected chi connectivity index (χ3v) is 5.45. The van der Waals surface area contributed by atoms with Crippen molar-refractivity contribution in [3.05, 3.63) is 0 Å². The summed E-state index contributed by atoms with van der Waals surface area (Å²) in [6.07, 6.45) is 1.70. The lowest BCUT2D eigenvalue weighted by molar-refractivity contribution is 0.127. The van der Waals surface area contributed by atoms with E-state index >= 15 is 0 Å². The molecule has 0 amide bonds. The Morgan fingerprint density at radius 2 is 2.19 bits per heavy atom. The molecule has 4 nitrogen and oxygen atoms in total. The van der Waals surface area contributed by atoms with Crippen LogP contribution in [-0.2, 0) is 14.8 Å². The van der Waals surface area contributed by atoms with Crippen molar-refractivity contribution in [3.8, 4) is 0 Å². The Balaban J connectivity index is 2.33. The van der Waals surface area contributed by atoms with Crippen LogP contribution >= 0.6 is 15.9 Å². The minimum atomic E-state index is -3.20. The summed E-state index contributed by atoms with van der Waals surface area (Å²) in [4.78, 5) is 0.173. The summed E-state index contributed by atoms with van der Waals surface area (Å²) in [5, 5.41) is 0. The van der Waals surface area contributed by atoms with Crippen LogP contribution in [0.25, 0.3) is 0 Å². The lowest BCUT2D eigenvalue weighted by Gasteiger charge is -2.16. The number of halogens is 1. The van der Waals surface area contributed by atoms with Crippen LogP contribution in [0.2, 0.25) is 0 Å². The lowest BCUT2D eigenvalue weighted by atomic mass is 10.1. The molecule has 0 saturated carbocycles. The second kappa shape index (κ2) is 6.33. The van der Waals surface area contributed by atoms with Gasteiger partial charge in [-0.2, -0.15) is 0 Å². The standard InChI is InChI=1S/C10H20BrNO3S/c1-8(2)10(11)6-12-16(13,14)7-9-4-3-5-15-9/h8-10,12H,3-7H2,1-2H3. The highest BCUT2D eigenvalue weighted by atomic mass is 79.9. The Labute approximate surface area is 106 Å². The molecule has 2 atom stereocenters. The van der Waals surface area contributed by atoms with Gasteiger partial charge in [0.15, 0.2) is 0 Å². The number of hydrogen-bond donors (Lipinski definition) is 1. The van der Waals surface area contributed by atoms with E-state index in [0.29, 0.717) is 19.1 Å². The number of ether oxygens (including phenoxy) is 1. The van der Waals surface area contributed by atoms with Crippen LogP contribution in [0.1, 0.15) is 26.7 Å². The van der Waals surface area contributed by atoms with Gasteiger partial charge in [-0.15, -0.1) is 0 Å². The number of nitrogens with one attached hydrogen (secondary N) is 1. The summed E-state index contributed by atoms with van der Waals surface area (Å²) in [7, 11) is -3.20. The molecule has 0 bridgehead atoms. The van der Waals surface area contributed by atoms with Gasteiger partial charge in [-0.05, 0) is 18.8 Å². The van der Waals surface area contributed by atoms with Crippen LogP contribution in [0.5, 0.6) is 0 Å². The smallest absolute Gasteiger partial charge is 0.214 e. The molecule has 1 aliphatic heterocycles. The van der Waals surface area contributed by atoms with E-state index in [-0.39, 0.29) is 16.7 Å². The Kier molecular flexibility index (Phi) is 5.70. The van der Waals surface area contributed by atoms with Gasteiger partial charge in [0.25, 0.3) is 0 Å². The topological polar surface area (TPSA) is 55.4 Å². The molecular weight excluding hydrogens is 294 g/mol. The van der Waals surface area contributed by atoms with Crippen molar-refractivity contribution in [2.45, 2.75) is 37.6 Å². The fraction of sp³-hybridized carbons (Fsp3) is 1.00. The average molecular weight is 314 g/mol. The van der Waals surface area contributed by atoms with Gasteiger partial charge in [-0.3, -0.25) is 0 Å². The van der Waals surface area contributed by atoms with E-state index in [1.807, 2.05) is 13.8 Å². The molecule has 1 heterocycles. The van der Waals surface area contributed by atoms with Gasteiger partial charge in [-0.1, -0.05) is 29.8 Å². The van der Waals surface area contributed by atoms with Gasteiger partial charge in [0.2, 0.25) is 10.0 Å². The second-order valence-electron chi connectivity index (χ2n) is 4.52. The van der Waals surface area contributed by atoms with Crippen LogP contribution in [0.3, 0.4) is 0 Å². The monoisotopic (exact) mass is 313 g/mol. The maximum absolute atomic E-state index is 11.7. The summed E-state index contributed by atoms with van der Waals surface area (Å²) in [5.41, 5.74) is 0. The van der Waals surface area contributed by atoms with E-state index in [0.717, 1.165) is 12.8 Å². The van der Waals surface area contributed by atoms with Crippen molar-refractivity contribution in [1.29, 1.82) is 0 Å². The fourth-order valence-corrected chi connectivity index (χ4v) is 3.20. The first kappa shape index (κ1) is 14.4. The SMILES string of the molecule is CC(C)C(Br)CNS(=O)(=O)CC1CCCO1. The minimum absolute atomic E-state index is 0.0881. The quantitative estimate of drug-likeness (QED) is 0.756. The predicted octanol–water partition coefficient (Wildman–Crippen LogP) is 1.50. The Hall–Kier alpha value is 0.350. The van der Waals surface area contributed by atoms with Crippen LogP contribution in [0.15, 0.2) is 0 Å². The van der Waals surface area contributed by atoms with Gasteiger partial charge in [0.1, 0.15) is 0 Å². The van der Waals surface area contributed by atoms with E-state index in [1.54, 1.807) is 0 Å². The summed E-state index contributed by atoms with van der Waals surface area (Å²) < 4.78 is 31.3. The highest BCUT2D eigenvalue weighted by Crippen LogP contribution is 2.14. The fourth-order valence-electron chi connectivity index (χ4n) is 1.52. The molecule has 0 radical (unpaired) electrons. The average Bonchev–Trinajstić information content (AvgIpc) is 2.65. The summed E-state index contributed by atoms with van der Waals surface area (Å²) >= 11 is 3.45. The largest absolute Gasteiger partial charge is 0.377 e. The molecule has 2 unspecified atom stereocenters. The van der Waals surface area contributed by atoms with Gasteiger partial charge < -0.3 is 4.74 Å². The zero-order valence-corrected chi connectivity index (χ0v) is 12.2. The number of rotatable bonds is 6.